The molecule has 1 fully saturated rings. The molecule has 1 aromatic rings. The molecule has 18 heavy (non-hydrogen) atoms. The number of rotatable bonds is 4. The highest BCUT2D eigenvalue weighted by atomic mass is 19.1. The monoisotopic (exact) mass is 257 g/mol. The number of hydrogen-bond donors (Lipinski definition) is 2. The zero-order valence-electron chi connectivity index (χ0n) is 9.58. The van der Waals surface area contributed by atoms with Crippen LogP contribution in [0.25, 0.3) is 0 Å². The molecule has 0 heterocycles. The number of non-ortho nitro benzene ring substituents is 1. The second-order valence-corrected chi connectivity index (χ2v) is 4.61. The molecule has 0 bridgehead atoms. The average Bonchev–Trinajstić information content (AvgIpc) is 2.25. The van der Waals surface area contributed by atoms with Gasteiger partial charge in [-0.25, -0.2) is 8.78 Å². The lowest BCUT2D eigenvalue weighted by atomic mass is 9.78. The van der Waals surface area contributed by atoms with Crippen LogP contribution >= 0.6 is 0 Å². The first-order chi connectivity index (χ1) is 8.41. The molecule has 7 heteroatoms. The van der Waals surface area contributed by atoms with Crippen molar-refractivity contribution in [1.29, 1.82) is 0 Å². The number of anilines is 1. The van der Waals surface area contributed by atoms with E-state index in [2.05, 4.69) is 5.32 Å². The fourth-order valence-electron chi connectivity index (χ4n) is 1.91. The van der Waals surface area contributed by atoms with Crippen molar-refractivity contribution in [3.8, 4) is 0 Å². The molecule has 0 aliphatic heterocycles. The van der Waals surface area contributed by atoms with Gasteiger partial charge in [-0.2, -0.15) is 0 Å². The van der Waals surface area contributed by atoms with E-state index in [1.807, 2.05) is 0 Å². The summed E-state index contributed by atoms with van der Waals surface area (Å²) in [7, 11) is 0. The lowest BCUT2D eigenvalue weighted by molar-refractivity contribution is -0.385. The maximum absolute atomic E-state index is 13.5. The average molecular weight is 257 g/mol. The third kappa shape index (κ3) is 2.40. The number of hydrogen-bond acceptors (Lipinski definition) is 4. The van der Waals surface area contributed by atoms with E-state index < -0.39 is 27.8 Å². The molecule has 1 aliphatic rings. The smallest absolute Gasteiger partial charge is 0.275 e. The van der Waals surface area contributed by atoms with E-state index in [0.29, 0.717) is 12.1 Å². The van der Waals surface area contributed by atoms with Gasteiger partial charge in [0, 0.05) is 12.1 Å². The van der Waals surface area contributed by atoms with Crippen LogP contribution in [0.1, 0.15) is 19.3 Å². The summed E-state index contributed by atoms with van der Waals surface area (Å²) in [5, 5.41) is 13.0. The second-order valence-electron chi connectivity index (χ2n) is 4.61. The summed E-state index contributed by atoms with van der Waals surface area (Å²) in [5.74, 6) is -1.96. The summed E-state index contributed by atoms with van der Waals surface area (Å²) >= 11 is 0. The van der Waals surface area contributed by atoms with E-state index in [0.717, 1.165) is 19.3 Å². The lowest BCUT2D eigenvalue weighted by Crippen LogP contribution is -2.52. The molecule has 0 saturated heterocycles. The van der Waals surface area contributed by atoms with E-state index >= 15 is 0 Å². The first-order valence-corrected chi connectivity index (χ1v) is 5.57. The lowest BCUT2D eigenvalue weighted by Gasteiger charge is -2.38. The Morgan fingerprint density at radius 3 is 2.33 bits per heavy atom. The largest absolute Gasteiger partial charge is 0.378 e. The molecule has 1 aliphatic carbocycles. The van der Waals surface area contributed by atoms with Gasteiger partial charge in [-0.15, -0.1) is 0 Å². The Morgan fingerprint density at radius 2 is 1.94 bits per heavy atom. The van der Waals surface area contributed by atoms with Gasteiger partial charge in [0.1, 0.15) is 5.69 Å². The number of nitrogens with two attached hydrogens (primary N) is 1. The highest BCUT2D eigenvalue weighted by molar-refractivity contribution is 5.52. The Balaban J connectivity index is 2.15. The first-order valence-electron chi connectivity index (χ1n) is 5.57. The van der Waals surface area contributed by atoms with Crippen LogP contribution in [0, 0.1) is 21.7 Å². The molecule has 0 radical (unpaired) electrons. The van der Waals surface area contributed by atoms with E-state index in [4.69, 9.17) is 5.73 Å². The van der Waals surface area contributed by atoms with Gasteiger partial charge >= 0.3 is 0 Å². The van der Waals surface area contributed by atoms with Crippen LogP contribution in [0.4, 0.5) is 20.2 Å². The summed E-state index contributed by atoms with van der Waals surface area (Å²) in [6, 6.07) is 1.38. The Morgan fingerprint density at radius 1 is 1.39 bits per heavy atom. The van der Waals surface area contributed by atoms with Crippen molar-refractivity contribution >= 4 is 11.4 Å². The molecular weight excluding hydrogens is 244 g/mol. The van der Waals surface area contributed by atoms with Crippen LogP contribution in [0.2, 0.25) is 0 Å². The highest BCUT2D eigenvalue weighted by Gasteiger charge is 2.32. The van der Waals surface area contributed by atoms with Crippen LogP contribution in [0.3, 0.4) is 0 Å². The molecule has 5 nitrogen and oxygen atoms in total. The molecule has 3 N–H and O–H groups in total. The maximum atomic E-state index is 13.5. The second kappa shape index (κ2) is 4.49. The molecule has 2 rings (SSSR count). The first kappa shape index (κ1) is 12.7. The number of benzene rings is 1. The van der Waals surface area contributed by atoms with Crippen LogP contribution in [0.15, 0.2) is 12.1 Å². The molecule has 98 valence electrons. The summed E-state index contributed by atoms with van der Waals surface area (Å²) in [5.41, 5.74) is 4.51. The van der Waals surface area contributed by atoms with Gasteiger partial charge in [0.25, 0.3) is 5.69 Å². The quantitative estimate of drug-likeness (QED) is 0.639. The van der Waals surface area contributed by atoms with Gasteiger partial charge in [0.05, 0.1) is 17.1 Å². The van der Waals surface area contributed by atoms with Crippen molar-refractivity contribution in [3.05, 3.63) is 33.9 Å². The molecule has 1 aromatic carbocycles. The Labute approximate surface area is 102 Å². The molecule has 0 aromatic heterocycles. The van der Waals surface area contributed by atoms with E-state index in [1.54, 1.807) is 0 Å². The van der Waals surface area contributed by atoms with Crippen molar-refractivity contribution < 1.29 is 13.7 Å². The summed E-state index contributed by atoms with van der Waals surface area (Å²) in [6.45, 7) is 0.249. The fourth-order valence-corrected chi connectivity index (χ4v) is 1.91. The van der Waals surface area contributed by atoms with E-state index in [9.17, 15) is 18.9 Å². The molecule has 0 amide bonds. The minimum atomic E-state index is -0.982. The van der Waals surface area contributed by atoms with Gasteiger partial charge in [-0.05, 0) is 19.3 Å². The van der Waals surface area contributed by atoms with Crippen molar-refractivity contribution in [2.75, 3.05) is 11.9 Å². The third-order valence-corrected chi connectivity index (χ3v) is 3.20. The van der Waals surface area contributed by atoms with Gasteiger partial charge in [-0.1, -0.05) is 0 Å². The van der Waals surface area contributed by atoms with E-state index in [1.165, 1.54) is 0 Å². The molecule has 0 atom stereocenters. The summed E-state index contributed by atoms with van der Waals surface area (Å²) in [4.78, 5) is 9.58. The van der Waals surface area contributed by atoms with Crippen molar-refractivity contribution in [2.45, 2.75) is 24.8 Å². The van der Waals surface area contributed by atoms with Gasteiger partial charge in [0.2, 0.25) is 0 Å². The predicted molar refractivity (Wildman–Crippen MR) is 62.3 cm³/mol. The number of nitro benzene ring substituents is 1. The van der Waals surface area contributed by atoms with Gasteiger partial charge in [-0.3, -0.25) is 10.1 Å². The topological polar surface area (TPSA) is 81.2 Å². The Kier molecular flexibility index (Phi) is 3.16. The molecular formula is C11H13F2N3O2. The summed E-state index contributed by atoms with van der Waals surface area (Å²) in [6.07, 6.45) is 2.61. The number of nitro groups is 1. The van der Waals surface area contributed by atoms with Crippen molar-refractivity contribution in [1.82, 2.24) is 0 Å². The molecule has 0 spiro atoms. The van der Waals surface area contributed by atoms with Crippen LogP contribution in [-0.4, -0.2) is 17.0 Å². The van der Waals surface area contributed by atoms with Crippen LogP contribution in [0.5, 0.6) is 0 Å². The number of halogens is 2. The number of nitrogens with zero attached hydrogens (tertiary/aromatic N) is 1. The molecule has 0 unspecified atom stereocenters. The van der Waals surface area contributed by atoms with Crippen molar-refractivity contribution in [3.63, 3.8) is 0 Å². The van der Waals surface area contributed by atoms with Gasteiger partial charge < -0.3 is 11.1 Å². The van der Waals surface area contributed by atoms with Gasteiger partial charge in [0.15, 0.2) is 11.6 Å². The SMILES string of the molecule is NC1(CNc2c(F)cc([N+](=O)[O-])cc2F)CCC1. The standard InChI is InChI=1S/C11H13F2N3O2/c12-8-4-7(16(17)18)5-9(13)10(8)15-6-11(14)2-1-3-11/h4-5,15H,1-3,6,14H2. The highest BCUT2D eigenvalue weighted by Crippen LogP contribution is 2.31. The summed E-state index contributed by atoms with van der Waals surface area (Å²) < 4.78 is 27.0. The predicted octanol–water partition coefficient (Wildman–Crippen LogP) is 2.17. The minimum absolute atomic E-state index is 0.249. The van der Waals surface area contributed by atoms with E-state index in [-0.39, 0.29) is 12.2 Å². The van der Waals surface area contributed by atoms with Crippen LogP contribution in [-0.2, 0) is 0 Å². The third-order valence-electron chi connectivity index (χ3n) is 3.20. The minimum Gasteiger partial charge on any atom is -0.378 e. The Bertz CT molecular complexity index is 466. The zero-order valence-corrected chi connectivity index (χ0v) is 9.58. The van der Waals surface area contributed by atoms with Crippen LogP contribution < -0.4 is 11.1 Å². The Hall–Kier alpha value is -1.76. The maximum Gasteiger partial charge on any atom is 0.275 e. The number of nitrogens with one attached hydrogen (secondary N) is 1. The fraction of sp³-hybridized carbons (Fsp3) is 0.455. The normalized spacial score (nSPS) is 17.1. The van der Waals surface area contributed by atoms with Crippen molar-refractivity contribution in [2.24, 2.45) is 5.73 Å². The zero-order chi connectivity index (χ0) is 13.3. The molecule has 1 saturated carbocycles.